The highest BCUT2D eigenvalue weighted by atomic mass is 15.1. The van der Waals surface area contributed by atoms with Gasteiger partial charge in [0.25, 0.3) is 0 Å². The number of nitrogens with zero attached hydrogens (tertiary/aromatic N) is 2. The van der Waals surface area contributed by atoms with Gasteiger partial charge >= 0.3 is 0 Å². The molecule has 0 bridgehead atoms. The van der Waals surface area contributed by atoms with Crippen LogP contribution in [0.15, 0.2) is 35.3 Å². The average molecular weight is 261 g/mol. The molecule has 0 heterocycles. The van der Waals surface area contributed by atoms with Gasteiger partial charge < -0.3 is 10.6 Å². The SMILES string of the molecule is CCN(CC)CCCC(C)N=C(N)c1ccccc1. The van der Waals surface area contributed by atoms with E-state index in [-0.39, 0.29) is 6.04 Å². The minimum absolute atomic E-state index is 0.288. The van der Waals surface area contributed by atoms with Crippen LogP contribution in [-0.2, 0) is 0 Å². The van der Waals surface area contributed by atoms with Gasteiger partial charge in [-0.25, -0.2) is 0 Å². The molecule has 1 aromatic rings. The maximum absolute atomic E-state index is 6.02. The number of hydrogen-bond acceptors (Lipinski definition) is 2. The largest absolute Gasteiger partial charge is 0.383 e. The summed E-state index contributed by atoms with van der Waals surface area (Å²) in [5.41, 5.74) is 7.03. The van der Waals surface area contributed by atoms with Gasteiger partial charge in [-0.2, -0.15) is 0 Å². The molecule has 3 heteroatoms. The molecule has 1 aromatic carbocycles. The first-order valence-electron chi connectivity index (χ1n) is 7.28. The van der Waals surface area contributed by atoms with Crippen molar-refractivity contribution in [1.29, 1.82) is 0 Å². The Balaban J connectivity index is 2.40. The molecule has 0 aromatic heterocycles. The molecule has 0 radical (unpaired) electrons. The highest BCUT2D eigenvalue weighted by Gasteiger charge is 2.04. The molecule has 1 atom stereocenters. The summed E-state index contributed by atoms with van der Waals surface area (Å²) >= 11 is 0. The van der Waals surface area contributed by atoms with E-state index < -0.39 is 0 Å². The molecule has 2 N–H and O–H groups in total. The Bertz CT molecular complexity index is 369. The van der Waals surface area contributed by atoms with Crippen LogP contribution in [0.2, 0.25) is 0 Å². The van der Waals surface area contributed by atoms with Crippen LogP contribution in [0.4, 0.5) is 0 Å². The Morgan fingerprint density at radius 2 is 1.84 bits per heavy atom. The van der Waals surface area contributed by atoms with E-state index in [1.807, 2.05) is 30.3 Å². The smallest absolute Gasteiger partial charge is 0.125 e. The van der Waals surface area contributed by atoms with Crippen molar-refractivity contribution >= 4 is 5.84 Å². The number of benzene rings is 1. The lowest BCUT2D eigenvalue weighted by Crippen LogP contribution is -2.24. The summed E-state index contributed by atoms with van der Waals surface area (Å²) in [4.78, 5) is 7.01. The predicted octanol–water partition coefficient (Wildman–Crippen LogP) is 2.90. The molecular formula is C16H27N3. The fraction of sp³-hybridized carbons (Fsp3) is 0.562. The Morgan fingerprint density at radius 3 is 2.42 bits per heavy atom. The molecule has 1 unspecified atom stereocenters. The first kappa shape index (κ1) is 15.7. The zero-order valence-corrected chi connectivity index (χ0v) is 12.5. The first-order chi connectivity index (χ1) is 9.17. The van der Waals surface area contributed by atoms with Gasteiger partial charge in [0.15, 0.2) is 0 Å². The second-order valence-electron chi connectivity index (χ2n) is 4.90. The van der Waals surface area contributed by atoms with Crippen molar-refractivity contribution in [3.8, 4) is 0 Å². The van der Waals surface area contributed by atoms with Crippen LogP contribution in [0.5, 0.6) is 0 Å². The van der Waals surface area contributed by atoms with Crippen molar-refractivity contribution in [2.24, 2.45) is 10.7 Å². The topological polar surface area (TPSA) is 41.6 Å². The van der Waals surface area contributed by atoms with E-state index in [9.17, 15) is 0 Å². The van der Waals surface area contributed by atoms with E-state index in [0.717, 1.165) is 31.6 Å². The van der Waals surface area contributed by atoms with Crippen molar-refractivity contribution in [2.45, 2.75) is 39.7 Å². The minimum atomic E-state index is 0.288. The molecule has 0 saturated carbocycles. The fourth-order valence-electron chi connectivity index (χ4n) is 2.14. The van der Waals surface area contributed by atoms with Crippen LogP contribution in [0.3, 0.4) is 0 Å². The van der Waals surface area contributed by atoms with Gasteiger partial charge in [-0.1, -0.05) is 44.2 Å². The van der Waals surface area contributed by atoms with E-state index in [0.29, 0.717) is 5.84 Å². The van der Waals surface area contributed by atoms with Gasteiger partial charge in [0.2, 0.25) is 0 Å². The number of rotatable bonds is 8. The highest BCUT2D eigenvalue weighted by molar-refractivity contribution is 5.97. The number of nitrogens with two attached hydrogens (primary N) is 1. The van der Waals surface area contributed by atoms with Gasteiger partial charge in [-0.05, 0) is 39.4 Å². The predicted molar refractivity (Wildman–Crippen MR) is 83.7 cm³/mol. The normalized spacial score (nSPS) is 13.8. The third-order valence-electron chi connectivity index (χ3n) is 3.42. The van der Waals surface area contributed by atoms with Crippen LogP contribution >= 0.6 is 0 Å². The van der Waals surface area contributed by atoms with Gasteiger partial charge in [-0.3, -0.25) is 4.99 Å². The summed E-state index contributed by atoms with van der Waals surface area (Å²) in [7, 11) is 0. The summed E-state index contributed by atoms with van der Waals surface area (Å²) in [5, 5.41) is 0. The van der Waals surface area contributed by atoms with Crippen LogP contribution in [-0.4, -0.2) is 36.4 Å². The zero-order valence-electron chi connectivity index (χ0n) is 12.5. The third kappa shape index (κ3) is 5.88. The molecule has 1 rings (SSSR count). The number of aliphatic imine (C=N–C) groups is 1. The quantitative estimate of drug-likeness (QED) is 0.577. The molecule has 3 nitrogen and oxygen atoms in total. The summed E-state index contributed by atoms with van der Waals surface area (Å²) < 4.78 is 0. The lowest BCUT2D eigenvalue weighted by Gasteiger charge is -2.18. The van der Waals surface area contributed by atoms with Gasteiger partial charge in [0.1, 0.15) is 5.84 Å². The Kier molecular flexibility index (Phi) is 7.19. The lowest BCUT2D eigenvalue weighted by molar-refractivity contribution is 0.294. The summed E-state index contributed by atoms with van der Waals surface area (Å²) in [6.45, 7) is 9.95. The summed E-state index contributed by atoms with van der Waals surface area (Å²) in [6.07, 6.45) is 2.26. The Hall–Kier alpha value is -1.35. The average Bonchev–Trinajstić information content (AvgIpc) is 2.44. The molecule has 19 heavy (non-hydrogen) atoms. The first-order valence-corrected chi connectivity index (χ1v) is 7.28. The second-order valence-corrected chi connectivity index (χ2v) is 4.90. The number of amidine groups is 1. The van der Waals surface area contributed by atoms with Gasteiger partial charge in [-0.15, -0.1) is 0 Å². The Morgan fingerprint density at radius 1 is 1.21 bits per heavy atom. The second kappa shape index (κ2) is 8.70. The van der Waals surface area contributed by atoms with E-state index in [1.54, 1.807) is 0 Å². The minimum Gasteiger partial charge on any atom is -0.383 e. The van der Waals surface area contributed by atoms with Crippen molar-refractivity contribution in [1.82, 2.24) is 4.90 Å². The van der Waals surface area contributed by atoms with Crippen LogP contribution in [0.25, 0.3) is 0 Å². The van der Waals surface area contributed by atoms with E-state index in [4.69, 9.17) is 5.73 Å². The molecule has 0 amide bonds. The zero-order chi connectivity index (χ0) is 14.1. The van der Waals surface area contributed by atoms with E-state index >= 15 is 0 Å². The van der Waals surface area contributed by atoms with Crippen LogP contribution < -0.4 is 5.73 Å². The highest BCUT2D eigenvalue weighted by Crippen LogP contribution is 2.05. The van der Waals surface area contributed by atoms with E-state index in [1.165, 1.54) is 6.42 Å². The molecule has 0 spiro atoms. The maximum Gasteiger partial charge on any atom is 0.125 e. The third-order valence-corrected chi connectivity index (χ3v) is 3.42. The van der Waals surface area contributed by atoms with E-state index in [2.05, 4.69) is 30.7 Å². The standard InChI is InChI=1S/C16H27N3/c1-4-19(5-2)13-9-10-14(3)18-16(17)15-11-7-6-8-12-15/h6-8,11-12,14H,4-5,9-10,13H2,1-3H3,(H2,17,18). The van der Waals surface area contributed by atoms with Gasteiger partial charge in [0.05, 0.1) is 0 Å². The lowest BCUT2D eigenvalue weighted by atomic mass is 10.1. The summed E-state index contributed by atoms with van der Waals surface area (Å²) in [5.74, 6) is 0.649. The van der Waals surface area contributed by atoms with Crippen molar-refractivity contribution in [2.75, 3.05) is 19.6 Å². The van der Waals surface area contributed by atoms with Crippen LogP contribution in [0, 0.1) is 0 Å². The molecule has 0 aliphatic rings. The van der Waals surface area contributed by atoms with Gasteiger partial charge in [0, 0.05) is 11.6 Å². The molecule has 0 saturated heterocycles. The Labute approximate surface area is 117 Å². The van der Waals surface area contributed by atoms with Crippen molar-refractivity contribution in [3.05, 3.63) is 35.9 Å². The molecule has 0 fully saturated rings. The maximum atomic E-state index is 6.02. The monoisotopic (exact) mass is 261 g/mol. The van der Waals surface area contributed by atoms with Crippen molar-refractivity contribution in [3.63, 3.8) is 0 Å². The van der Waals surface area contributed by atoms with Crippen molar-refractivity contribution < 1.29 is 0 Å². The molecule has 106 valence electrons. The molecular weight excluding hydrogens is 234 g/mol. The summed E-state index contributed by atoms with van der Waals surface area (Å²) in [6, 6.07) is 10.3. The molecule has 0 aliphatic carbocycles. The number of hydrogen-bond donors (Lipinski definition) is 1. The fourth-order valence-corrected chi connectivity index (χ4v) is 2.14. The van der Waals surface area contributed by atoms with Crippen LogP contribution in [0.1, 0.15) is 39.2 Å². The molecule has 0 aliphatic heterocycles.